The van der Waals surface area contributed by atoms with Crippen molar-refractivity contribution in [1.82, 2.24) is 9.97 Å². The number of pyridine rings is 1. The van der Waals surface area contributed by atoms with Gasteiger partial charge in [-0.15, -0.1) is 0 Å². The van der Waals surface area contributed by atoms with Crippen molar-refractivity contribution in [2.24, 2.45) is 4.99 Å². The summed E-state index contributed by atoms with van der Waals surface area (Å²) in [5.41, 5.74) is 4.35. The van der Waals surface area contributed by atoms with E-state index in [1.54, 1.807) is 12.4 Å². The van der Waals surface area contributed by atoms with Crippen LogP contribution in [0, 0.1) is 0 Å². The van der Waals surface area contributed by atoms with Crippen molar-refractivity contribution in [3.63, 3.8) is 0 Å². The van der Waals surface area contributed by atoms with Crippen molar-refractivity contribution in [2.75, 3.05) is 19.0 Å². The third kappa shape index (κ3) is 2.77. The van der Waals surface area contributed by atoms with E-state index in [0.717, 1.165) is 50.1 Å². The van der Waals surface area contributed by atoms with Crippen molar-refractivity contribution >= 4 is 33.2 Å². The summed E-state index contributed by atoms with van der Waals surface area (Å²) in [5.74, 6) is 0.718. The van der Waals surface area contributed by atoms with E-state index in [9.17, 15) is 0 Å². The molecule has 5 nitrogen and oxygen atoms in total. The standard InChI is InChI=1S/C23H18N4O/c1-27(2)16-7-8-19-21(13-16)28-22-14-20(25-15-9-11-24-12-10-15)17-5-3-4-6-18(17)23(22)26-19/h3-14H,1-2H3/b25-20-. The van der Waals surface area contributed by atoms with Gasteiger partial charge in [0, 0.05) is 55.1 Å². The maximum Gasteiger partial charge on any atom is 0.155 e. The first-order chi connectivity index (χ1) is 13.7. The predicted molar refractivity (Wildman–Crippen MR) is 112 cm³/mol. The van der Waals surface area contributed by atoms with Crippen LogP contribution in [-0.2, 0) is 0 Å². The fraction of sp³-hybridized carbons (Fsp3) is 0.0870. The molecule has 5 rings (SSSR count). The number of rotatable bonds is 2. The molecule has 0 atom stereocenters. The number of anilines is 1. The van der Waals surface area contributed by atoms with E-state index in [1.807, 2.05) is 67.5 Å². The monoisotopic (exact) mass is 366 g/mol. The molecule has 1 aliphatic carbocycles. The lowest BCUT2D eigenvalue weighted by Crippen LogP contribution is -2.08. The Hall–Kier alpha value is -3.73. The van der Waals surface area contributed by atoms with Crippen molar-refractivity contribution in [3.05, 3.63) is 78.4 Å². The highest BCUT2D eigenvalue weighted by molar-refractivity contribution is 5.96. The van der Waals surface area contributed by atoms with Gasteiger partial charge in [0.05, 0.1) is 11.0 Å². The number of nitrogens with zero attached hydrogens (tertiary/aromatic N) is 4. The van der Waals surface area contributed by atoms with Crippen LogP contribution in [0.2, 0.25) is 0 Å². The summed E-state index contributed by atoms with van der Waals surface area (Å²) in [6.45, 7) is 0. The second kappa shape index (κ2) is 6.46. The number of hydrogen-bond acceptors (Lipinski definition) is 5. The molecule has 1 aromatic heterocycles. The molecule has 0 radical (unpaired) electrons. The Labute approximate surface area is 162 Å². The van der Waals surface area contributed by atoms with Gasteiger partial charge in [-0.1, -0.05) is 24.3 Å². The molecular formula is C23H18N4O. The lowest BCUT2D eigenvalue weighted by atomic mass is 10.0. The molecule has 0 spiro atoms. The van der Waals surface area contributed by atoms with Gasteiger partial charge in [0.2, 0.25) is 0 Å². The molecule has 136 valence electrons. The van der Waals surface area contributed by atoms with E-state index in [2.05, 4.69) is 17.1 Å². The first kappa shape index (κ1) is 16.4. The highest BCUT2D eigenvalue weighted by Crippen LogP contribution is 2.31. The van der Waals surface area contributed by atoms with Crippen LogP contribution in [0.15, 0.2) is 82.5 Å². The smallest absolute Gasteiger partial charge is 0.155 e. The van der Waals surface area contributed by atoms with Crippen LogP contribution < -0.4 is 10.3 Å². The second-order valence-corrected chi connectivity index (χ2v) is 6.87. The number of hydrogen-bond donors (Lipinski definition) is 0. The van der Waals surface area contributed by atoms with Gasteiger partial charge >= 0.3 is 0 Å². The number of aromatic nitrogens is 2. The summed E-state index contributed by atoms with van der Waals surface area (Å²) in [6, 6.07) is 19.9. The van der Waals surface area contributed by atoms with Crippen molar-refractivity contribution in [3.8, 4) is 11.5 Å². The molecule has 0 bridgehead atoms. The van der Waals surface area contributed by atoms with Crippen LogP contribution in [0.5, 0.6) is 0 Å². The van der Waals surface area contributed by atoms with Gasteiger partial charge in [0.25, 0.3) is 0 Å². The van der Waals surface area contributed by atoms with Gasteiger partial charge in [0.15, 0.2) is 11.3 Å². The third-order valence-electron chi connectivity index (χ3n) is 4.78. The van der Waals surface area contributed by atoms with E-state index >= 15 is 0 Å². The molecule has 0 saturated carbocycles. The largest absolute Gasteiger partial charge is 0.453 e. The zero-order valence-electron chi connectivity index (χ0n) is 15.6. The van der Waals surface area contributed by atoms with Crippen molar-refractivity contribution < 1.29 is 4.42 Å². The van der Waals surface area contributed by atoms with E-state index in [1.165, 1.54) is 0 Å². The molecule has 28 heavy (non-hydrogen) atoms. The van der Waals surface area contributed by atoms with E-state index < -0.39 is 0 Å². The fourth-order valence-electron chi connectivity index (χ4n) is 3.35. The van der Waals surface area contributed by atoms with Crippen molar-refractivity contribution in [1.29, 1.82) is 0 Å². The lowest BCUT2D eigenvalue weighted by molar-refractivity contribution is 0.613. The molecule has 3 aromatic rings. The Morgan fingerprint density at radius 1 is 0.893 bits per heavy atom. The minimum absolute atomic E-state index is 0.718. The second-order valence-electron chi connectivity index (χ2n) is 6.87. The minimum atomic E-state index is 0.718. The molecule has 0 fully saturated rings. The average Bonchev–Trinajstić information content (AvgIpc) is 2.73. The lowest BCUT2D eigenvalue weighted by Gasteiger charge is -2.14. The highest BCUT2D eigenvalue weighted by atomic mass is 16.3. The summed E-state index contributed by atoms with van der Waals surface area (Å²) in [6.07, 6.45) is 3.48. The quantitative estimate of drug-likeness (QED) is 0.333. The number of fused-ring (bicyclic) bond motifs is 4. The summed E-state index contributed by atoms with van der Waals surface area (Å²) in [4.78, 5) is 15.8. The summed E-state index contributed by atoms with van der Waals surface area (Å²) < 4.78 is 6.26. The molecule has 0 N–H and O–H groups in total. The van der Waals surface area contributed by atoms with Crippen LogP contribution in [0.1, 0.15) is 0 Å². The molecule has 0 saturated heterocycles. The topological polar surface area (TPSA) is 54.5 Å². The van der Waals surface area contributed by atoms with Gasteiger partial charge in [-0.25, -0.2) is 9.98 Å². The Morgan fingerprint density at radius 3 is 2.46 bits per heavy atom. The van der Waals surface area contributed by atoms with Crippen molar-refractivity contribution in [2.45, 2.75) is 0 Å². The van der Waals surface area contributed by atoms with E-state index in [4.69, 9.17) is 14.4 Å². The molecule has 2 aliphatic rings. The Balaban J connectivity index is 1.86. The molecule has 0 unspecified atom stereocenters. The normalized spacial score (nSPS) is 12.1. The summed E-state index contributed by atoms with van der Waals surface area (Å²) in [5, 5.41) is 2.91. The molecule has 2 heterocycles. The minimum Gasteiger partial charge on any atom is -0.453 e. The number of benzene rings is 3. The SMILES string of the molecule is CN(C)c1ccc2nc3c4ccccc4/c(=N\c4ccncc4)cc-3oc2c1. The molecule has 5 heteroatoms. The zero-order chi connectivity index (χ0) is 19.1. The third-order valence-corrected chi connectivity index (χ3v) is 4.78. The van der Waals surface area contributed by atoms with Crippen LogP contribution >= 0.6 is 0 Å². The molecular weight excluding hydrogens is 348 g/mol. The van der Waals surface area contributed by atoms with Crippen LogP contribution in [0.25, 0.3) is 33.3 Å². The van der Waals surface area contributed by atoms with Crippen LogP contribution in [0.4, 0.5) is 11.4 Å². The molecule has 2 aromatic carbocycles. The molecule has 1 aliphatic heterocycles. The fourth-order valence-corrected chi connectivity index (χ4v) is 3.35. The maximum atomic E-state index is 6.26. The van der Waals surface area contributed by atoms with Gasteiger partial charge in [0.1, 0.15) is 11.2 Å². The van der Waals surface area contributed by atoms with Gasteiger partial charge < -0.3 is 9.32 Å². The summed E-state index contributed by atoms with van der Waals surface area (Å²) >= 11 is 0. The van der Waals surface area contributed by atoms with Gasteiger partial charge in [-0.2, -0.15) is 0 Å². The maximum absolute atomic E-state index is 6.26. The first-order valence-electron chi connectivity index (χ1n) is 9.07. The zero-order valence-corrected chi connectivity index (χ0v) is 15.6. The average molecular weight is 366 g/mol. The van der Waals surface area contributed by atoms with Gasteiger partial charge in [-0.05, 0) is 24.3 Å². The first-order valence-corrected chi connectivity index (χ1v) is 9.07. The Bertz CT molecular complexity index is 1340. The van der Waals surface area contributed by atoms with E-state index in [0.29, 0.717) is 0 Å². The van der Waals surface area contributed by atoms with Gasteiger partial charge in [-0.3, -0.25) is 4.98 Å². The van der Waals surface area contributed by atoms with E-state index in [-0.39, 0.29) is 0 Å². The Kier molecular flexibility index (Phi) is 3.79. The van der Waals surface area contributed by atoms with Crippen LogP contribution in [0.3, 0.4) is 0 Å². The highest BCUT2D eigenvalue weighted by Gasteiger charge is 2.15. The summed E-state index contributed by atoms with van der Waals surface area (Å²) in [7, 11) is 4.02. The van der Waals surface area contributed by atoms with Crippen LogP contribution in [-0.4, -0.2) is 24.1 Å². The predicted octanol–water partition coefficient (Wildman–Crippen LogP) is 4.78. The molecule has 0 amide bonds. The Morgan fingerprint density at radius 2 is 1.68 bits per heavy atom.